The van der Waals surface area contributed by atoms with Crippen molar-refractivity contribution in [2.24, 2.45) is 5.73 Å². The third kappa shape index (κ3) is 2.52. The van der Waals surface area contributed by atoms with Gasteiger partial charge in [-0.25, -0.2) is 0 Å². The second-order valence-electron chi connectivity index (χ2n) is 3.66. The highest BCUT2D eigenvalue weighted by Crippen LogP contribution is 2.41. The molecule has 0 saturated carbocycles. The summed E-state index contributed by atoms with van der Waals surface area (Å²) in [7, 11) is 2.93. The predicted molar refractivity (Wildman–Crippen MR) is 68.5 cm³/mol. The van der Waals surface area contributed by atoms with Crippen molar-refractivity contribution in [3.63, 3.8) is 0 Å². The van der Waals surface area contributed by atoms with Gasteiger partial charge < -0.3 is 20.3 Å². The molecule has 0 aliphatic carbocycles. The van der Waals surface area contributed by atoms with E-state index in [4.69, 9.17) is 31.9 Å². The van der Waals surface area contributed by atoms with Gasteiger partial charge in [0.15, 0.2) is 11.5 Å². The van der Waals surface area contributed by atoms with Gasteiger partial charge in [0.05, 0.1) is 19.2 Å². The van der Waals surface area contributed by atoms with E-state index in [1.807, 2.05) is 6.92 Å². The Morgan fingerprint density at radius 1 is 1.50 bits per heavy atom. The summed E-state index contributed by atoms with van der Waals surface area (Å²) in [5.74, 6) is -0.364. The first-order valence-electron chi connectivity index (χ1n) is 5.39. The first kappa shape index (κ1) is 14.6. The number of benzene rings is 1. The molecule has 1 atom stereocenters. The summed E-state index contributed by atoms with van der Waals surface area (Å²) in [6.45, 7) is 1.87. The van der Waals surface area contributed by atoms with Crippen LogP contribution in [0.3, 0.4) is 0 Å². The SMILES string of the molecule is CCc1c(C(N)C(=O)O)cc(OC)c(OC)c1Cl. The molecule has 1 aromatic rings. The fourth-order valence-corrected chi connectivity index (χ4v) is 2.19. The fourth-order valence-electron chi connectivity index (χ4n) is 1.78. The van der Waals surface area contributed by atoms with Gasteiger partial charge in [-0.1, -0.05) is 18.5 Å². The van der Waals surface area contributed by atoms with E-state index in [-0.39, 0.29) is 0 Å². The standard InChI is InChI=1S/C12H16ClNO4/c1-4-6-7(10(14)12(15)16)5-8(17-2)11(18-3)9(6)13/h5,10H,4,14H2,1-3H3,(H,15,16). The highest BCUT2D eigenvalue weighted by molar-refractivity contribution is 6.33. The largest absolute Gasteiger partial charge is 0.493 e. The maximum atomic E-state index is 11.0. The molecular formula is C12H16ClNO4. The summed E-state index contributed by atoms with van der Waals surface area (Å²) in [5.41, 5.74) is 6.74. The van der Waals surface area contributed by atoms with Crippen molar-refractivity contribution in [3.8, 4) is 11.5 Å². The number of aliphatic carboxylic acids is 1. The molecule has 0 aliphatic rings. The Morgan fingerprint density at radius 3 is 2.50 bits per heavy atom. The maximum Gasteiger partial charge on any atom is 0.325 e. The highest BCUT2D eigenvalue weighted by Gasteiger charge is 2.24. The Labute approximate surface area is 110 Å². The second-order valence-corrected chi connectivity index (χ2v) is 4.04. The Kier molecular flexibility index (Phi) is 4.81. The van der Waals surface area contributed by atoms with Crippen LogP contribution in [0.25, 0.3) is 0 Å². The van der Waals surface area contributed by atoms with Gasteiger partial charge in [-0.05, 0) is 23.6 Å². The monoisotopic (exact) mass is 273 g/mol. The molecule has 0 heterocycles. The first-order valence-corrected chi connectivity index (χ1v) is 5.77. The third-order valence-electron chi connectivity index (χ3n) is 2.70. The van der Waals surface area contributed by atoms with Gasteiger partial charge in [-0.3, -0.25) is 4.79 Å². The summed E-state index contributed by atoms with van der Waals surface area (Å²) in [4.78, 5) is 11.0. The number of carboxylic acids is 1. The zero-order valence-corrected chi connectivity index (χ0v) is 11.2. The van der Waals surface area contributed by atoms with Crippen molar-refractivity contribution < 1.29 is 19.4 Å². The van der Waals surface area contributed by atoms with E-state index < -0.39 is 12.0 Å². The molecule has 1 rings (SSSR count). The van der Waals surface area contributed by atoms with Gasteiger partial charge in [0.25, 0.3) is 0 Å². The number of carboxylic acid groups (broad SMARTS) is 1. The first-order chi connectivity index (χ1) is 8.47. The van der Waals surface area contributed by atoms with E-state index in [2.05, 4.69) is 0 Å². The Morgan fingerprint density at radius 2 is 2.11 bits per heavy atom. The van der Waals surface area contributed by atoms with Gasteiger partial charge in [-0.2, -0.15) is 0 Å². The zero-order valence-electron chi connectivity index (χ0n) is 10.5. The van der Waals surface area contributed by atoms with Crippen LogP contribution in [0.5, 0.6) is 11.5 Å². The maximum absolute atomic E-state index is 11.0. The topological polar surface area (TPSA) is 81.8 Å². The van der Waals surface area contributed by atoms with Crippen molar-refractivity contribution >= 4 is 17.6 Å². The minimum Gasteiger partial charge on any atom is -0.493 e. The van der Waals surface area contributed by atoms with Crippen molar-refractivity contribution in [2.45, 2.75) is 19.4 Å². The molecule has 1 aromatic carbocycles. The molecule has 0 saturated heterocycles. The number of rotatable bonds is 5. The summed E-state index contributed by atoms with van der Waals surface area (Å²) < 4.78 is 10.3. The Balaban J connectivity index is 3.51. The van der Waals surface area contributed by atoms with Crippen molar-refractivity contribution in [1.29, 1.82) is 0 Å². The number of methoxy groups -OCH3 is 2. The van der Waals surface area contributed by atoms with Gasteiger partial charge in [-0.15, -0.1) is 0 Å². The van der Waals surface area contributed by atoms with E-state index in [0.717, 1.165) is 0 Å². The van der Waals surface area contributed by atoms with E-state index in [0.29, 0.717) is 34.1 Å². The second kappa shape index (κ2) is 5.93. The lowest BCUT2D eigenvalue weighted by atomic mass is 9.98. The molecule has 0 radical (unpaired) electrons. The summed E-state index contributed by atoms with van der Waals surface area (Å²) >= 11 is 6.19. The van der Waals surface area contributed by atoms with Crippen LogP contribution in [-0.4, -0.2) is 25.3 Å². The van der Waals surface area contributed by atoms with Crippen LogP contribution in [0.4, 0.5) is 0 Å². The lowest BCUT2D eigenvalue weighted by molar-refractivity contribution is -0.138. The van der Waals surface area contributed by atoms with Gasteiger partial charge in [0, 0.05) is 0 Å². The minimum atomic E-state index is -1.14. The van der Waals surface area contributed by atoms with Crippen LogP contribution >= 0.6 is 11.6 Å². The lowest BCUT2D eigenvalue weighted by Gasteiger charge is -2.18. The molecule has 6 heteroatoms. The highest BCUT2D eigenvalue weighted by atomic mass is 35.5. The van der Waals surface area contributed by atoms with E-state index in [1.165, 1.54) is 14.2 Å². The molecule has 0 aromatic heterocycles. The molecule has 18 heavy (non-hydrogen) atoms. The van der Waals surface area contributed by atoms with Crippen LogP contribution < -0.4 is 15.2 Å². The van der Waals surface area contributed by atoms with Gasteiger partial charge >= 0.3 is 5.97 Å². The van der Waals surface area contributed by atoms with E-state index in [9.17, 15) is 4.79 Å². The summed E-state index contributed by atoms with van der Waals surface area (Å²) in [5, 5.41) is 9.34. The van der Waals surface area contributed by atoms with Gasteiger partial charge in [0.1, 0.15) is 6.04 Å². The molecular weight excluding hydrogens is 258 g/mol. The third-order valence-corrected chi connectivity index (χ3v) is 3.10. The fraction of sp³-hybridized carbons (Fsp3) is 0.417. The molecule has 3 N–H and O–H groups in total. The van der Waals surface area contributed by atoms with Gasteiger partial charge in [0.2, 0.25) is 0 Å². The molecule has 100 valence electrons. The molecule has 0 aliphatic heterocycles. The summed E-state index contributed by atoms with van der Waals surface area (Å²) in [6.07, 6.45) is 0.551. The molecule has 1 unspecified atom stereocenters. The van der Waals surface area contributed by atoms with Crippen LogP contribution in [0.2, 0.25) is 5.02 Å². The normalized spacial score (nSPS) is 12.1. The van der Waals surface area contributed by atoms with Crippen molar-refractivity contribution in [2.75, 3.05) is 14.2 Å². The van der Waals surface area contributed by atoms with Crippen LogP contribution in [-0.2, 0) is 11.2 Å². The molecule has 0 spiro atoms. The number of halogens is 1. The lowest BCUT2D eigenvalue weighted by Crippen LogP contribution is -2.22. The average Bonchev–Trinajstić information content (AvgIpc) is 2.36. The smallest absolute Gasteiger partial charge is 0.325 e. The number of carbonyl (C=O) groups is 1. The molecule has 0 amide bonds. The van der Waals surface area contributed by atoms with Crippen LogP contribution in [0.1, 0.15) is 24.1 Å². The minimum absolute atomic E-state index is 0.339. The molecule has 0 fully saturated rings. The van der Waals surface area contributed by atoms with Crippen LogP contribution in [0.15, 0.2) is 6.07 Å². The van der Waals surface area contributed by atoms with E-state index in [1.54, 1.807) is 6.07 Å². The molecule has 0 bridgehead atoms. The number of hydrogen-bond acceptors (Lipinski definition) is 4. The van der Waals surface area contributed by atoms with Crippen molar-refractivity contribution in [1.82, 2.24) is 0 Å². The predicted octanol–water partition coefficient (Wildman–Crippen LogP) is 2.00. The number of nitrogens with two attached hydrogens (primary N) is 1. The van der Waals surface area contributed by atoms with Crippen LogP contribution in [0, 0.1) is 0 Å². The quantitative estimate of drug-likeness (QED) is 0.857. The van der Waals surface area contributed by atoms with E-state index >= 15 is 0 Å². The Hall–Kier alpha value is -1.46. The number of ether oxygens (including phenoxy) is 2. The molecule has 5 nitrogen and oxygen atoms in total. The average molecular weight is 274 g/mol. The summed E-state index contributed by atoms with van der Waals surface area (Å²) in [6, 6.07) is 0.416. The van der Waals surface area contributed by atoms with Crippen molar-refractivity contribution in [3.05, 3.63) is 22.2 Å². The zero-order chi connectivity index (χ0) is 13.9. The Bertz CT molecular complexity index is 462. The number of hydrogen-bond donors (Lipinski definition) is 2.